The van der Waals surface area contributed by atoms with Gasteiger partial charge in [-0.1, -0.05) is 0 Å². The van der Waals surface area contributed by atoms with Crippen LogP contribution in [0.4, 0.5) is 0 Å². The second kappa shape index (κ2) is 7.38. The Morgan fingerprint density at radius 1 is 1.38 bits per heavy atom. The molecule has 2 N–H and O–H groups in total. The van der Waals surface area contributed by atoms with Gasteiger partial charge in [0.15, 0.2) is 0 Å². The topological polar surface area (TPSA) is 62.3 Å². The molecule has 92 valence electrons. The molecular weight excluding hydrogens is 206 g/mol. The predicted molar refractivity (Wildman–Crippen MR) is 62.2 cm³/mol. The molecule has 0 saturated carbocycles. The number of ether oxygens (including phenoxy) is 2. The van der Waals surface area contributed by atoms with Gasteiger partial charge in [-0.2, -0.15) is 5.10 Å². The van der Waals surface area contributed by atoms with E-state index in [0.717, 1.165) is 37.4 Å². The highest BCUT2D eigenvalue weighted by molar-refractivity contribution is 5.15. The molecule has 0 aliphatic heterocycles. The number of methoxy groups -OCH3 is 1. The number of nitrogens with zero attached hydrogens (tertiary/aromatic N) is 2. The maximum Gasteiger partial charge on any atom is 0.0662 e. The molecule has 0 fully saturated rings. The van der Waals surface area contributed by atoms with Gasteiger partial charge >= 0.3 is 0 Å². The van der Waals surface area contributed by atoms with Crippen LogP contribution in [0.15, 0.2) is 6.20 Å². The SMILES string of the molecule is COCCCOCCn1ncc(CN)c1C. The molecule has 0 amide bonds. The molecule has 0 saturated heterocycles. The van der Waals surface area contributed by atoms with Crippen molar-refractivity contribution in [3.63, 3.8) is 0 Å². The van der Waals surface area contributed by atoms with Gasteiger partial charge in [-0.15, -0.1) is 0 Å². The molecule has 0 radical (unpaired) electrons. The van der Waals surface area contributed by atoms with E-state index >= 15 is 0 Å². The molecule has 1 aromatic heterocycles. The highest BCUT2D eigenvalue weighted by Crippen LogP contribution is 2.05. The van der Waals surface area contributed by atoms with E-state index in [4.69, 9.17) is 15.2 Å². The lowest BCUT2D eigenvalue weighted by Crippen LogP contribution is -2.10. The van der Waals surface area contributed by atoms with Crippen LogP contribution in [0.3, 0.4) is 0 Å². The van der Waals surface area contributed by atoms with Crippen molar-refractivity contribution in [2.45, 2.75) is 26.4 Å². The van der Waals surface area contributed by atoms with Crippen LogP contribution >= 0.6 is 0 Å². The van der Waals surface area contributed by atoms with Gasteiger partial charge in [0.25, 0.3) is 0 Å². The molecule has 0 atom stereocenters. The predicted octanol–water partition coefficient (Wildman–Crippen LogP) is 0.703. The van der Waals surface area contributed by atoms with Crippen LogP contribution in [0, 0.1) is 6.92 Å². The van der Waals surface area contributed by atoms with Crippen molar-refractivity contribution < 1.29 is 9.47 Å². The largest absolute Gasteiger partial charge is 0.385 e. The Morgan fingerprint density at radius 3 is 2.81 bits per heavy atom. The lowest BCUT2D eigenvalue weighted by molar-refractivity contribution is 0.0958. The molecule has 0 unspecified atom stereocenters. The highest BCUT2D eigenvalue weighted by Gasteiger charge is 2.03. The smallest absolute Gasteiger partial charge is 0.0662 e. The molecule has 5 heteroatoms. The van der Waals surface area contributed by atoms with E-state index in [9.17, 15) is 0 Å². The van der Waals surface area contributed by atoms with Gasteiger partial charge in [-0.25, -0.2) is 0 Å². The normalized spacial score (nSPS) is 10.9. The molecule has 0 aromatic carbocycles. The Balaban J connectivity index is 2.19. The summed E-state index contributed by atoms with van der Waals surface area (Å²) in [7, 11) is 1.70. The molecule has 0 aliphatic carbocycles. The summed E-state index contributed by atoms with van der Waals surface area (Å²) in [5, 5.41) is 4.25. The molecule has 5 nitrogen and oxygen atoms in total. The zero-order chi connectivity index (χ0) is 11.8. The molecular formula is C11H21N3O2. The van der Waals surface area contributed by atoms with Gasteiger partial charge < -0.3 is 15.2 Å². The zero-order valence-electron chi connectivity index (χ0n) is 10.1. The Hall–Kier alpha value is -0.910. The molecule has 1 heterocycles. The van der Waals surface area contributed by atoms with E-state index in [-0.39, 0.29) is 0 Å². The number of rotatable bonds is 8. The average molecular weight is 227 g/mol. The molecule has 1 rings (SSSR count). The fraction of sp³-hybridized carbons (Fsp3) is 0.727. The van der Waals surface area contributed by atoms with Crippen LogP contribution in [0.1, 0.15) is 17.7 Å². The summed E-state index contributed by atoms with van der Waals surface area (Å²) >= 11 is 0. The van der Waals surface area contributed by atoms with Crippen LogP contribution in [0.5, 0.6) is 0 Å². The van der Waals surface area contributed by atoms with Crippen LogP contribution in [-0.4, -0.2) is 36.7 Å². The third-order valence-electron chi connectivity index (χ3n) is 2.51. The Bertz CT molecular complexity index is 299. The van der Waals surface area contributed by atoms with Crippen molar-refractivity contribution in [2.24, 2.45) is 5.73 Å². The molecule has 0 aliphatic rings. The lowest BCUT2D eigenvalue weighted by Gasteiger charge is -2.06. The van der Waals surface area contributed by atoms with E-state index in [2.05, 4.69) is 5.10 Å². The number of aromatic nitrogens is 2. The number of hydrogen-bond donors (Lipinski definition) is 1. The maximum absolute atomic E-state index is 5.58. The second-order valence-electron chi connectivity index (χ2n) is 3.64. The van der Waals surface area contributed by atoms with Crippen LogP contribution in [-0.2, 0) is 22.6 Å². The van der Waals surface area contributed by atoms with E-state index in [1.165, 1.54) is 0 Å². The van der Waals surface area contributed by atoms with E-state index in [1.54, 1.807) is 7.11 Å². The third-order valence-corrected chi connectivity index (χ3v) is 2.51. The van der Waals surface area contributed by atoms with Crippen molar-refractivity contribution in [1.82, 2.24) is 9.78 Å². The van der Waals surface area contributed by atoms with Crippen molar-refractivity contribution in [1.29, 1.82) is 0 Å². The standard InChI is InChI=1S/C11H21N3O2/c1-10-11(8-12)9-13-14(10)4-7-16-6-3-5-15-2/h9H,3-8,12H2,1-2H3. The van der Waals surface area contributed by atoms with Gasteiger partial charge in [-0.3, -0.25) is 4.68 Å². The summed E-state index contributed by atoms with van der Waals surface area (Å²) in [6.45, 7) is 5.51. The maximum atomic E-state index is 5.58. The van der Waals surface area contributed by atoms with Gasteiger partial charge in [-0.05, 0) is 13.3 Å². The van der Waals surface area contributed by atoms with Gasteiger partial charge in [0.1, 0.15) is 0 Å². The summed E-state index contributed by atoms with van der Waals surface area (Å²) in [5.74, 6) is 0. The molecule has 16 heavy (non-hydrogen) atoms. The minimum atomic E-state index is 0.542. The first-order valence-electron chi connectivity index (χ1n) is 5.57. The highest BCUT2D eigenvalue weighted by atomic mass is 16.5. The third kappa shape index (κ3) is 3.92. The molecule has 0 spiro atoms. The fourth-order valence-corrected chi connectivity index (χ4v) is 1.47. The van der Waals surface area contributed by atoms with Crippen LogP contribution in [0.2, 0.25) is 0 Å². The fourth-order valence-electron chi connectivity index (χ4n) is 1.47. The Labute approximate surface area is 96.5 Å². The van der Waals surface area contributed by atoms with Crippen molar-refractivity contribution >= 4 is 0 Å². The van der Waals surface area contributed by atoms with Crippen molar-refractivity contribution in [2.75, 3.05) is 26.9 Å². The zero-order valence-corrected chi connectivity index (χ0v) is 10.1. The summed E-state index contributed by atoms with van der Waals surface area (Å²) in [6, 6.07) is 0. The quantitative estimate of drug-likeness (QED) is 0.664. The summed E-state index contributed by atoms with van der Waals surface area (Å²) in [6.07, 6.45) is 2.75. The van der Waals surface area contributed by atoms with Gasteiger partial charge in [0.2, 0.25) is 0 Å². The van der Waals surface area contributed by atoms with Crippen molar-refractivity contribution in [3.8, 4) is 0 Å². The van der Waals surface area contributed by atoms with E-state index in [1.807, 2.05) is 17.8 Å². The monoisotopic (exact) mass is 227 g/mol. The number of nitrogens with two attached hydrogens (primary N) is 1. The Morgan fingerprint density at radius 2 is 2.19 bits per heavy atom. The van der Waals surface area contributed by atoms with Crippen molar-refractivity contribution in [3.05, 3.63) is 17.5 Å². The van der Waals surface area contributed by atoms with Crippen LogP contribution in [0.25, 0.3) is 0 Å². The van der Waals surface area contributed by atoms with Crippen LogP contribution < -0.4 is 5.73 Å². The first-order valence-corrected chi connectivity index (χ1v) is 5.57. The van der Waals surface area contributed by atoms with Gasteiger partial charge in [0, 0.05) is 38.1 Å². The first-order chi connectivity index (χ1) is 7.79. The second-order valence-corrected chi connectivity index (χ2v) is 3.64. The molecule has 1 aromatic rings. The summed E-state index contributed by atoms with van der Waals surface area (Å²) in [4.78, 5) is 0. The summed E-state index contributed by atoms with van der Waals surface area (Å²) < 4.78 is 12.3. The van der Waals surface area contributed by atoms with Gasteiger partial charge in [0.05, 0.1) is 19.3 Å². The Kier molecular flexibility index (Phi) is 6.07. The van der Waals surface area contributed by atoms with E-state index < -0.39 is 0 Å². The number of hydrogen-bond acceptors (Lipinski definition) is 4. The summed E-state index contributed by atoms with van der Waals surface area (Å²) in [5.41, 5.74) is 7.80. The lowest BCUT2D eigenvalue weighted by atomic mass is 10.3. The first kappa shape index (κ1) is 13.2. The minimum absolute atomic E-state index is 0.542. The minimum Gasteiger partial charge on any atom is -0.385 e. The molecule has 0 bridgehead atoms. The van der Waals surface area contributed by atoms with E-state index in [0.29, 0.717) is 13.2 Å². The average Bonchev–Trinajstić information content (AvgIpc) is 2.65.